The number of thioether (sulfide) groups is 1. The average Bonchev–Trinajstić information content (AvgIpc) is 3.20. The smallest absolute Gasteiger partial charge is 0.313 e. The molecule has 0 fully saturated rings. The van der Waals surface area contributed by atoms with Crippen molar-refractivity contribution in [3.05, 3.63) is 63.3 Å². The topological polar surface area (TPSA) is 103 Å². The van der Waals surface area contributed by atoms with Crippen LogP contribution in [0.3, 0.4) is 0 Å². The number of amides is 1. The van der Waals surface area contributed by atoms with E-state index < -0.39 is 17.8 Å². The van der Waals surface area contributed by atoms with Crippen LogP contribution in [0.5, 0.6) is 0 Å². The minimum absolute atomic E-state index is 0.199. The number of carbonyl (C=O) groups excluding carboxylic acids is 1. The standard InChI is InChI=1S/C20H17N3O3S2/c1-12-17(19(26)23-13-6-3-2-4-7-13)18(15-8-5-9-27-15)14(10-21)20(22-12)28-11-16(24)25/h2-9,17-18H,11H2,1H3,(H,23,26)(H,24,25)/t17?,18-/m0/s1. The van der Waals surface area contributed by atoms with Gasteiger partial charge in [0.25, 0.3) is 0 Å². The highest BCUT2D eigenvalue weighted by Gasteiger charge is 2.40. The number of nitrogens with one attached hydrogen (secondary N) is 1. The zero-order valence-electron chi connectivity index (χ0n) is 15.0. The van der Waals surface area contributed by atoms with Gasteiger partial charge >= 0.3 is 5.97 Å². The van der Waals surface area contributed by atoms with Gasteiger partial charge in [-0.25, -0.2) is 4.99 Å². The number of hydrogen-bond acceptors (Lipinski definition) is 6. The number of para-hydroxylation sites is 1. The van der Waals surface area contributed by atoms with E-state index in [9.17, 15) is 14.9 Å². The number of allylic oxidation sites excluding steroid dienone is 1. The first-order valence-corrected chi connectivity index (χ1v) is 10.3. The maximum Gasteiger partial charge on any atom is 0.313 e. The van der Waals surface area contributed by atoms with Crippen LogP contribution in [0.4, 0.5) is 5.69 Å². The lowest BCUT2D eigenvalue weighted by atomic mass is 9.80. The number of carbonyl (C=O) groups is 2. The van der Waals surface area contributed by atoms with E-state index in [1.165, 1.54) is 11.3 Å². The molecule has 2 heterocycles. The summed E-state index contributed by atoms with van der Waals surface area (Å²) in [5.74, 6) is -2.58. The highest BCUT2D eigenvalue weighted by Crippen LogP contribution is 2.43. The van der Waals surface area contributed by atoms with Crippen LogP contribution in [-0.2, 0) is 9.59 Å². The first kappa shape index (κ1) is 19.9. The molecule has 1 amide bonds. The van der Waals surface area contributed by atoms with E-state index in [0.29, 0.717) is 22.0 Å². The molecule has 0 saturated carbocycles. The van der Waals surface area contributed by atoms with Gasteiger partial charge in [0.05, 0.1) is 23.3 Å². The van der Waals surface area contributed by atoms with E-state index in [1.807, 2.05) is 35.7 Å². The third-order valence-electron chi connectivity index (χ3n) is 4.23. The first-order valence-electron chi connectivity index (χ1n) is 8.44. The van der Waals surface area contributed by atoms with E-state index in [4.69, 9.17) is 5.11 Å². The largest absolute Gasteiger partial charge is 0.481 e. The summed E-state index contributed by atoms with van der Waals surface area (Å²) < 4.78 is 0. The molecule has 142 valence electrons. The summed E-state index contributed by atoms with van der Waals surface area (Å²) in [5.41, 5.74) is 1.55. The molecule has 2 aromatic rings. The number of carboxylic acid groups (broad SMARTS) is 1. The summed E-state index contributed by atoms with van der Waals surface area (Å²) in [6.45, 7) is 1.74. The second-order valence-electron chi connectivity index (χ2n) is 6.09. The summed E-state index contributed by atoms with van der Waals surface area (Å²) in [6.07, 6.45) is 0. The van der Waals surface area contributed by atoms with Gasteiger partial charge in [0.1, 0.15) is 5.03 Å². The molecular formula is C20H17N3O3S2. The number of aliphatic carboxylic acids is 1. The highest BCUT2D eigenvalue weighted by molar-refractivity contribution is 8.03. The lowest BCUT2D eigenvalue weighted by Crippen LogP contribution is -2.36. The van der Waals surface area contributed by atoms with Crippen LogP contribution >= 0.6 is 23.1 Å². The number of hydrogen-bond donors (Lipinski definition) is 2. The van der Waals surface area contributed by atoms with E-state index >= 15 is 0 Å². The van der Waals surface area contributed by atoms with Crippen LogP contribution in [0.1, 0.15) is 17.7 Å². The molecule has 1 aliphatic heterocycles. The quantitative estimate of drug-likeness (QED) is 0.744. The van der Waals surface area contributed by atoms with Crippen LogP contribution in [0.25, 0.3) is 0 Å². The van der Waals surface area contributed by atoms with Crippen LogP contribution in [0.15, 0.2) is 63.4 Å². The summed E-state index contributed by atoms with van der Waals surface area (Å²) in [4.78, 5) is 29.4. The first-order chi connectivity index (χ1) is 13.5. The molecule has 2 atom stereocenters. The molecule has 6 nitrogen and oxygen atoms in total. The second kappa shape index (κ2) is 8.87. The lowest BCUT2D eigenvalue weighted by molar-refractivity contribution is -0.133. The van der Waals surface area contributed by atoms with Crippen molar-refractivity contribution in [3.8, 4) is 6.07 Å². The summed E-state index contributed by atoms with van der Waals surface area (Å²) in [7, 11) is 0. The Morgan fingerprint density at radius 1 is 1.29 bits per heavy atom. The molecule has 0 bridgehead atoms. The summed E-state index contributed by atoms with van der Waals surface area (Å²) in [5, 5.41) is 23.9. The van der Waals surface area contributed by atoms with Crippen LogP contribution in [-0.4, -0.2) is 28.4 Å². The van der Waals surface area contributed by atoms with Crippen LogP contribution in [0, 0.1) is 17.2 Å². The number of anilines is 1. The van der Waals surface area contributed by atoms with Gasteiger partial charge in [-0.3, -0.25) is 9.59 Å². The molecule has 8 heteroatoms. The molecule has 1 aromatic heterocycles. The highest BCUT2D eigenvalue weighted by atomic mass is 32.2. The number of rotatable bonds is 6. The SMILES string of the molecule is CC1=NC(SCC(=O)O)=C(C#N)[C@@H](c2cccs2)C1C(=O)Nc1ccccc1. The van der Waals surface area contributed by atoms with Crippen molar-refractivity contribution >= 4 is 46.4 Å². The van der Waals surface area contributed by atoms with Crippen molar-refractivity contribution in [2.45, 2.75) is 12.8 Å². The molecule has 28 heavy (non-hydrogen) atoms. The Kier molecular flexibility index (Phi) is 6.29. The predicted molar refractivity (Wildman–Crippen MR) is 111 cm³/mol. The molecule has 1 unspecified atom stereocenters. The van der Waals surface area contributed by atoms with Crippen molar-refractivity contribution < 1.29 is 14.7 Å². The summed E-state index contributed by atoms with van der Waals surface area (Å²) in [6, 6.07) is 15.0. The van der Waals surface area contributed by atoms with Crippen molar-refractivity contribution in [1.82, 2.24) is 0 Å². The van der Waals surface area contributed by atoms with Crippen molar-refractivity contribution in [2.24, 2.45) is 10.9 Å². The van der Waals surface area contributed by atoms with Gasteiger partial charge in [-0.15, -0.1) is 11.3 Å². The lowest BCUT2D eigenvalue weighted by Gasteiger charge is -2.29. The van der Waals surface area contributed by atoms with Gasteiger partial charge in [-0.05, 0) is 30.5 Å². The fourth-order valence-electron chi connectivity index (χ4n) is 3.05. The predicted octanol–water partition coefficient (Wildman–Crippen LogP) is 4.11. The van der Waals surface area contributed by atoms with Crippen molar-refractivity contribution in [3.63, 3.8) is 0 Å². The monoisotopic (exact) mass is 411 g/mol. The fraction of sp³-hybridized carbons (Fsp3) is 0.200. The molecular weight excluding hydrogens is 394 g/mol. The van der Waals surface area contributed by atoms with Gasteiger partial charge < -0.3 is 10.4 Å². The van der Waals surface area contributed by atoms with E-state index in [2.05, 4.69) is 16.4 Å². The second-order valence-corrected chi connectivity index (χ2v) is 8.04. The molecule has 3 rings (SSSR count). The van der Waals surface area contributed by atoms with Gasteiger partial charge in [0.2, 0.25) is 5.91 Å². The van der Waals surface area contributed by atoms with E-state index in [0.717, 1.165) is 16.6 Å². The van der Waals surface area contributed by atoms with Gasteiger partial charge in [0, 0.05) is 22.2 Å². The molecule has 0 saturated heterocycles. The number of thiophene rings is 1. The van der Waals surface area contributed by atoms with Crippen molar-refractivity contribution in [1.29, 1.82) is 5.26 Å². The molecule has 0 radical (unpaired) electrons. The Morgan fingerprint density at radius 2 is 2.04 bits per heavy atom. The average molecular weight is 412 g/mol. The number of nitriles is 1. The zero-order chi connectivity index (χ0) is 20.1. The minimum atomic E-state index is -0.987. The van der Waals surface area contributed by atoms with Crippen molar-refractivity contribution in [2.75, 3.05) is 11.1 Å². The van der Waals surface area contributed by atoms with Gasteiger partial charge in [0.15, 0.2) is 0 Å². The third-order valence-corrected chi connectivity index (χ3v) is 6.16. The number of carboxylic acids is 1. The Balaban J connectivity index is 2.00. The maximum atomic E-state index is 13.1. The number of nitrogens with zero attached hydrogens (tertiary/aromatic N) is 2. The molecule has 0 spiro atoms. The number of aliphatic imine (C=N–C) groups is 1. The Hall–Kier alpha value is -2.89. The van der Waals surface area contributed by atoms with Crippen LogP contribution in [0.2, 0.25) is 0 Å². The Bertz CT molecular complexity index is 976. The maximum absolute atomic E-state index is 13.1. The van der Waals surface area contributed by atoms with E-state index in [1.54, 1.807) is 19.1 Å². The normalized spacial score (nSPS) is 18.9. The molecule has 1 aliphatic rings. The van der Waals surface area contributed by atoms with Gasteiger partial charge in [-0.1, -0.05) is 36.0 Å². The van der Waals surface area contributed by atoms with E-state index in [-0.39, 0.29) is 11.7 Å². The molecule has 0 aliphatic carbocycles. The van der Waals surface area contributed by atoms with Crippen LogP contribution < -0.4 is 5.32 Å². The minimum Gasteiger partial charge on any atom is -0.481 e. The summed E-state index contributed by atoms with van der Waals surface area (Å²) >= 11 is 2.46. The molecule has 2 N–H and O–H groups in total. The van der Waals surface area contributed by atoms with Gasteiger partial charge in [-0.2, -0.15) is 5.26 Å². The Labute approximate surface area is 170 Å². The Morgan fingerprint density at radius 3 is 2.64 bits per heavy atom. The third kappa shape index (κ3) is 4.32. The number of benzene rings is 1. The fourth-order valence-corrected chi connectivity index (χ4v) is 4.71. The zero-order valence-corrected chi connectivity index (χ0v) is 16.6. The molecule has 1 aromatic carbocycles.